The average molecular weight is 205 g/mol. The van der Waals surface area contributed by atoms with E-state index in [9.17, 15) is 0 Å². The fraction of sp³-hybridized carbons (Fsp3) is 0.231. The first-order chi connectivity index (χ1) is 7.15. The maximum Gasteiger partial charge on any atom is 0.123 e. The fourth-order valence-electron chi connectivity index (χ4n) is 0.881. The van der Waals surface area contributed by atoms with E-state index < -0.39 is 0 Å². The molecule has 0 heterocycles. The summed E-state index contributed by atoms with van der Waals surface area (Å²) in [6.45, 7) is 11.5. The van der Waals surface area contributed by atoms with Gasteiger partial charge in [-0.05, 0) is 24.1 Å². The van der Waals surface area contributed by atoms with Crippen molar-refractivity contribution in [1.29, 1.82) is 0 Å². The largest absolute Gasteiger partial charge is 0.416 e. The van der Waals surface area contributed by atoms with Crippen LogP contribution in [0.1, 0.15) is 20.3 Å². The molecule has 0 amide bonds. The van der Waals surface area contributed by atoms with E-state index in [0.717, 1.165) is 23.3 Å². The topological polar surface area (TPSA) is 35.2 Å². The second-order valence-electron chi connectivity index (χ2n) is 3.07. The second-order valence-corrected chi connectivity index (χ2v) is 3.07. The van der Waals surface area contributed by atoms with E-state index >= 15 is 0 Å². The van der Waals surface area contributed by atoms with E-state index in [1.807, 2.05) is 38.2 Å². The summed E-state index contributed by atoms with van der Waals surface area (Å²) < 4.78 is 0. The Balaban J connectivity index is 4.55. The Morgan fingerprint density at radius 3 is 2.53 bits per heavy atom. The molecule has 0 aromatic heterocycles. The molecule has 2 N–H and O–H groups in total. The van der Waals surface area contributed by atoms with Crippen molar-refractivity contribution in [3.63, 3.8) is 0 Å². The lowest BCUT2D eigenvalue weighted by Crippen LogP contribution is -1.97. The predicted octanol–water partition coefficient (Wildman–Crippen LogP) is 3.42. The van der Waals surface area contributed by atoms with Crippen molar-refractivity contribution in [2.45, 2.75) is 20.3 Å². The van der Waals surface area contributed by atoms with Gasteiger partial charge in [-0.3, -0.25) is 0 Å². The van der Waals surface area contributed by atoms with Gasteiger partial charge in [-0.2, -0.15) is 5.90 Å². The van der Waals surface area contributed by atoms with Crippen molar-refractivity contribution in [1.82, 2.24) is 0 Å². The minimum atomic E-state index is 0.745. The normalized spacial score (nSPS) is 13.0. The van der Waals surface area contributed by atoms with Crippen molar-refractivity contribution in [2.24, 2.45) is 5.90 Å². The van der Waals surface area contributed by atoms with E-state index in [1.165, 1.54) is 0 Å². The highest BCUT2D eigenvalue weighted by Gasteiger charge is 1.92. The number of nitrogens with two attached hydrogens (primary N) is 1. The van der Waals surface area contributed by atoms with Crippen LogP contribution in [0.2, 0.25) is 0 Å². The number of rotatable bonds is 6. The Kier molecular flexibility index (Phi) is 7.02. The maximum atomic E-state index is 5.08. The molecule has 0 aliphatic heterocycles. The summed E-state index contributed by atoms with van der Waals surface area (Å²) in [5.41, 5.74) is 2.01. The van der Waals surface area contributed by atoms with E-state index in [0.29, 0.717) is 0 Å². The molecule has 0 aliphatic carbocycles. The van der Waals surface area contributed by atoms with Crippen LogP contribution in [-0.2, 0) is 4.84 Å². The Bertz CT molecular complexity index is 302. The van der Waals surface area contributed by atoms with Gasteiger partial charge in [0.05, 0.1) is 0 Å². The van der Waals surface area contributed by atoms with Gasteiger partial charge >= 0.3 is 0 Å². The first-order valence-corrected chi connectivity index (χ1v) is 4.88. The van der Waals surface area contributed by atoms with Gasteiger partial charge in [0.2, 0.25) is 0 Å². The highest BCUT2D eigenvalue weighted by Crippen LogP contribution is 2.10. The van der Waals surface area contributed by atoms with Gasteiger partial charge in [0, 0.05) is 6.42 Å². The zero-order valence-electron chi connectivity index (χ0n) is 9.49. The zero-order valence-corrected chi connectivity index (χ0v) is 9.49. The summed E-state index contributed by atoms with van der Waals surface area (Å²) in [4.78, 5) is 4.66. The summed E-state index contributed by atoms with van der Waals surface area (Å²) in [5.74, 6) is 5.82. The molecule has 2 heteroatoms. The van der Waals surface area contributed by atoms with Gasteiger partial charge in [-0.25, -0.2) is 0 Å². The number of hydrogen-bond acceptors (Lipinski definition) is 2. The third-order valence-corrected chi connectivity index (χ3v) is 1.96. The Hall–Kier alpha value is -1.54. The molecular weight excluding hydrogens is 186 g/mol. The van der Waals surface area contributed by atoms with Crippen molar-refractivity contribution < 1.29 is 4.84 Å². The minimum Gasteiger partial charge on any atom is -0.416 e. The molecule has 0 aromatic carbocycles. The van der Waals surface area contributed by atoms with Crippen LogP contribution >= 0.6 is 0 Å². The predicted molar refractivity (Wildman–Crippen MR) is 65.9 cm³/mol. The maximum absolute atomic E-state index is 5.08. The van der Waals surface area contributed by atoms with Gasteiger partial charge in [-0.1, -0.05) is 44.4 Å². The van der Waals surface area contributed by atoms with Crippen molar-refractivity contribution in [2.75, 3.05) is 0 Å². The van der Waals surface area contributed by atoms with Crippen molar-refractivity contribution in [3.05, 3.63) is 60.4 Å². The van der Waals surface area contributed by atoms with Gasteiger partial charge in [-0.15, -0.1) is 0 Å². The Morgan fingerprint density at radius 2 is 2.07 bits per heavy atom. The standard InChI is InChI=1S/C13H19NO/c1-5-7-8-11(3)12(4)9-10-13(6-2)15-14/h5,7-10H,1,3,6,14H2,2,4H3/b8-7-,12-9+,13-10+. The quantitative estimate of drug-likeness (QED) is 0.409. The first kappa shape index (κ1) is 13.5. The molecule has 82 valence electrons. The van der Waals surface area contributed by atoms with Gasteiger partial charge in [0.1, 0.15) is 5.76 Å². The third-order valence-electron chi connectivity index (χ3n) is 1.96. The van der Waals surface area contributed by atoms with E-state index in [-0.39, 0.29) is 0 Å². The SMILES string of the molecule is C=C/C=C\C(=C)/C(C)=C/C=C(\CC)ON. The molecule has 0 rings (SSSR count). The Morgan fingerprint density at radius 1 is 1.40 bits per heavy atom. The summed E-state index contributed by atoms with van der Waals surface area (Å²) in [7, 11) is 0. The summed E-state index contributed by atoms with van der Waals surface area (Å²) >= 11 is 0. The smallest absolute Gasteiger partial charge is 0.123 e. The fourth-order valence-corrected chi connectivity index (χ4v) is 0.881. The molecule has 0 saturated carbocycles. The van der Waals surface area contributed by atoms with E-state index in [1.54, 1.807) is 6.08 Å². The molecule has 0 aliphatic rings. The van der Waals surface area contributed by atoms with Crippen molar-refractivity contribution >= 4 is 0 Å². The van der Waals surface area contributed by atoms with Crippen LogP contribution in [0.3, 0.4) is 0 Å². The molecule has 0 atom stereocenters. The highest BCUT2D eigenvalue weighted by molar-refractivity contribution is 5.38. The highest BCUT2D eigenvalue weighted by atomic mass is 16.6. The molecule has 0 radical (unpaired) electrons. The summed E-state index contributed by atoms with van der Waals surface area (Å²) in [6.07, 6.45) is 10.0. The van der Waals surface area contributed by atoms with Gasteiger partial charge < -0.3 is 4.84 Å². The van der Waals surface area contributed by atoms with Crippen LogP contribution in [0, 0.1) is 0 Å². The van der Waals surface area contributed by atoms with Crippen LogP contribution in [0.5, 0.6) is 0 Å². The number of allylic oxidation sites excluding steroid dienone is 8. The van der Waals surface area contributed by atoms with Crippen LogP contribution in [0.4, 0.5) is 0 Å². The molecule has 0 spiro atoms. The van der Waals surface area contributed by atoms with Crippen LogP contribution in [0.25, 0.3) is 0 Å². The second kappa shape index (κ2) is 7.83. The van der Waals surface area contributed by atoms with Crippen LogP contribution in [0.15, 0.2) is 60.4 Å². The molecule has 0 saturated heterocycles. The average Bonchev–Trinajstić information content (AvgIpc) is 2.26. The van der Waals surface area contributed by atoms with Gasteiger partial charge in [0.25, 0.3) is 0 Å². The molecular formula is C13H19NO. The summed E-state index contributed by atoms with van der Waals surface area (Å²) in [6, 6.07) is 0. The van der Waals surface area contributed by atoms with Crippen molar-refractivity contribution in [3.8, 4) is 0 Å². The van der Waals surface area contributed by atoms with Gasteiger partial charge in [0.15, 0.2) is 0 Å². The van der Waals surface area contributed by atoms with Crippen LogP contribution < -0.4 is 5.90 Å². The lowest BCUT2D eigenvalue weighted by Gasteiger charge is -2.00. The molecule has 2 nitrogen and oxygen atoms in total. The van der Waals surface area contributed by atoms with E-state index in [4.69, 9.17) is 5.90 Å². The summed E-state index contributed by atoms with van der Waals surface area (Å²) in [5, 5.41) is 0. The van der Waals surface area contributed by atoms with Crippen LogP contribution in [-0.4, -0.2) is 0 Å². The lowest BCUT2D eigenvalue weighted by molar-refractivity contribution is 0.212. The van der Waals surface area contributed by atoms with E-state index in [2.05, 4.69) is 18.0 Å². The molecule has 0 bridgehead atoms. The minimum absolute atomic E-state index is 0.745. The molecule has 0 fully saturated rings. The number of hydrogen-bond donors (Lipinski definition) is 1. The third kappa shape index (κ3) is 5.70. The zero-order chi connectivity index (χ0) is 11.7. The Labute approximate surface area is 92.1 Å². The molecule has 0 unspecified atom stereocenters. The monoisotopic (exact) mass is 205 g/mol. The lowest BCUT2D eigenvalue weighted by atomic mass is 10.1. The molecule has 15 heavy (non-hydrogen) atoms. The molecule has 0 aromatic rings. The first-order valence-electron chi connectivity index (χ1n) is 4.88.